The normalized spacial score (nSPS) is 18.0. The Morgan fingerprint density at radius 2 is 2.16 bits per heavy atom. The topological polar surface area (TPSA) is 116 Å². The number of benzene rings is 1. The molecule has 1 aromatic heterocycles. The van der Waals surface area contributed by atoms with Crippen molar-refractivity contribution in [3.05, 3.63) is 41.2 Å². The fourth-order valence-corrected chi connectivity index (χ4v) is 4.98. The van der Waals surface area contributed by atoms with Gasteiger partial charge in [-0.25, -0.2) is 13.4 Å². The van der Waals surface area contributed by atoms with Gasteiger partial charge in [0.1, 0.15) is 6.10 Å². The lowest BCUT2D eigenvalue weighted by Gasteiger charge is -2.12. The van der Waals surface area contributed by atoms with E-state index in [2.05, 4.69) is 15.5 Å². The first-order chi connectivity index (χ1) is 14.8. The predicted octanol–water partition coefficient (Wildman–Crippen LogP) is 2.24. The molecule has 0 aliphatic carbocycles. The summed E-state index contributed by atoms with van der Waals surface area (Å²) in [5.74, 6) is -0.682. The van der Waals surface area contributed by atoms with Crippen LogP contribution in [0.5, 0.6) is 0 Å². The Labute approximate surface area is 183 Å². The number of carbonyl (C=O) groups excluding carboxylic acids is 1. The molecule has 168 valence electrons. The van der Waals surface area contributed by atoms with Gasteiger partial charge >= 0.3 is 0 Å². The number of hydrogen-bond acceptors (Lipinski definition) is 9. The van der Waals surface area contributed by atoms with Crippen LogP contribution in [-0.2, 0) is 28.9 Å². The third kappa shape index (κ3) is 5.85. The largest absolute Gasteiger partial charge is 0.390 e. The second-order valence-electron chi connectivity index (χ2n) is 6.79. The highest BCUT2D eigenvalue weighted by atomic mass is 32.2. The highest BCUT2D eigenvalue weighted by Crippen LogP contribution is 2.23. The van der Waals surface area contributed by atoms with E-state index >= 15 is 0 Å². The Hall–Kier alpha value is -2.41. The molecule has 12 heteroatoms. The highest BCUT2D eigenvalue weighted by molar-refractivity contribution is 7.92. The van der Waals surface area contributed by atoms with Crippen LogP contribution in [0.15, 0.2) is 40.5 Å². The minimum Gasteiger partial charge on any atom is -0.390 e. The summed E-state index contributed by atoms with van der Waals surface area (Å²) in [6, 6.07) is 5.75. The van der Waals surface area contributed by atoms with Crippen LogP contribution >= 0.6 is 11.3 Å². The molecule has 1 aliphatic heterocycles. The minimum atomic E-state index is -3.54. The van der Waals surface area contributed by atoms with E-state index in [9.17, 15) is 17.6 Å². The molecule has 3 rings (SSSR count). The monoisotopic (exact) mass is 471 g/mol. The molecule has 2 heterocycles. The number of thiazole rings is 1. The van der Waals surface area contributed by atoms with E-state index in [0.29, 0.717) is 29.9 Å². The van der Waals surface area contributed by atoms with Gasteiger partial charge in [-0.15, -0.1) is 0 Å². The third-order valence-electron chi connectivity index (χ3n) is 4.42. The number of sulfone groups is 1. The average Bonchev–Trinajstić information content (AvgIpc) is 3.41. The smallest absolute Gasteiger partial charge is 0.280 e. The molecule has 31 heavy (non-hydrogen) atoms. The summed E-state index contributed by atoms with van der Waals surface area (Å²) in [5.41, 5.74) is 0.201. The number of ether oxygens (including phenoxy) is 2. The second kappa shape index (κ2) is 10.3. The van der Waals surface area contributed by atoms with Crippen molar-refractivity contribution in [2.45, 2.75) is 29.6 Å². The molecule has 9 nitrogen and oxygen atoms in total. The lowest BCUT2D eigenvalue weighted by molar-refractivity contribution is -0.110. The molecule has 0 unspecified atom stereocenters. The Balaban J connectivity index is 1.85. The number of nitrogens with zero attached hydrogens (tertiary/aromatic N) is 2. The van der Waals surface area contributed by atoms with E-state index < -0.39 is 32.2 Å². The molecule has 1 N–H and O–H groups in total. The maximum absolute atomic E-state index is 13.2. The fourth-order valence-electron chi connectivity index (χ4n) is 2.85. The predicted molar refractivity (Wildman–Crippen MR) is 113 cm³/mol. The van der Waals surface area contributed by atoms with Crippen LogP contribution in [0.3, 0.4) is 0 Å². The van der Waals surface area contributed by atoms with Gasteiger partial charge in [0, 0.05) is 19.3 Å². The number of hydrogen-bond donors (Lipinski definition) is 1. The number of nitrogens with one attached hydrogen (secondary N) is 1. The van der Waals surface area contributed by atoms with Crippen molar-refractivity contribution in [1.29, 1.82) is 0 Å². The molecule has 1 aromatic carbocycles. The number of carbonyl (C=O) groups is 1. The number of oxime groups is 1. The zero-order valence-corrected chi connectivity index (χ0v) is 18.5. The number of rotatable bonds is 9. The molecule has 0 saturated carbocycles. The number of methoxy groups -OCH3 is 1. The molecule has 0 bridgehead atoms. The second-order valence-corrected chi connectivity index (χ2v) is 10.00. The van der Waals surface area contributed by atoms with Gasteiger partial charge in [-0.05, 0) is 25.5 Å². The van der Waals surface area contributed by atoms with Gasteiger partial charge in [0.05, 0.1) is 29.6 Å². The van der Waals surface area contributed by atoms with Crippen LogP contribution in [0, 0.1) is 5.13 Å². The van der Waals surface area contributed by atoms with Crippen LogP contribution in [0.25, 0.3) is 0 Å². The van der Waals surface area contributed by atoms with E-state index in [1.54, 1.807) is 6.92 Å². The summed E-state index contributed by atoms with van der Waals surface area (Å²) < 4.78 is 48.8. The molecule has 1 amide bonds. The molecular formula is C19H22FN3O6S2. The molecular weight excluding hydrogens is 449 g/mol. The average molecular weight is 472 g/mol. The van der Waals surface area contributed by atoms with E-state index in [1.165, 1.54) is 31.4 Å². The fraction of sp³-hybridized carbons (Fsp3) is 0.421. The van der Waals surface area contributed by atoms with Crippen LogP contribution in [0.1, 0.15) is 18.9 Å². The maximum Gasteiger partial charge on any atom is 0.280 e. The van der Waals surface area contributed by atoms with E-state index in [4.69, 9.17) is 14.3 Å². The van der Waals surface area contributed by atoms with E-state index in [1.807, 2.05) is 0 Å². The summed E-state index contributed by atoms with van der Waals surface area (Å²) >= 11 is 0.664. The van der Waals surface area contributed by atoms with Crippen molar-refractivity contribution in [3.8, 4) is 0 Å². The molecule has 0 spiro atoms. The van der Waals surface area contributed by atoms with Gasteiger partial charge in [-0.1, -0.05) is 28.6 Å². The molecule has 2 atom stereocenters. The molecule has 1 saturated heterocycles. The quantitative estimate of drug-likeness (QED) is 0.440. The van der Waals surface area contributed by atoms with Crippen molar-refractivity contribution in [3.63, 3.8) is 0 Å². The number of anilines is 1. The van der Waals surface area contributed by atoms with E-state index in [-0.39, 0.29) is 29.0 Å². The summed E-state index contributed by atoms with van der Waals surface area (Å²) in [4.78, 5) is 21.9. The van der Waals surface area contributed by atoms with Crippen molar-refractivity contribution in [2.75, 3.05) is 32.2 Å². The molecule has 1 fully saturated rings. The van der Waals surface area contributed by atoms with Crippen molar-refractivity contribution in [1.82, 2.24) is 4.98 Å². The van der Waals surface area contributed by atoms with Crippen LogP contribution < -0.4 is 5.32 Å². The Bertz CT molecular complexity index is 1030. The van der Waals surface area contributed by atoms with Crippen LogP contribution in [-0.4, -0.2) is 63.3 Å². The molecule has 1 aliphatic rings. The van der Waals surface area contributed by atoms with Gasteiger partial charge in [-0.2, -0.15) is 4.39 Å². The van der Waals surface area contributed by atoms with E-state index in [0.717, 1.165) is 6.20 Å². The summed E-state index contributed by atoms with van der Waals surface area (Å²) in [5, 5.41) is 5.30. The Morgan fingerprint density at radius 1 is 1.42 bits per heavy atom. The molecule has 0 radical (unpaired) electrons. The Morgan fingerprint density at radius 3 is 2.74 bits per heavy atom. The number of aromatic nitrogens is 1. The Kier molecular flexibility index (Phi) is 7.70. The number of amides is 1. The first-order valence-electron chi connectivity index (χ1n) is 9.38. The van der Waals surface area contributed by atoms with Gasteiger partial charge in [0.15, 0.2) is 25.8 Å². The third-order valence-corrected chi connectivity index (χ3v) is 7.30. The minimum absolute atomic E-state index is 0.0561. The summed E-state index contributed by atoms with van der Waals surface area (Å²) in [6.07, 6.45) is 0.988. The highest BCUT2D eigenvalue weighted by Gasteiger charge is 2.31. The summed E-state index contributed by atoms with van der Waals surface area (Å²) in [7, 11) is -2.04. The zero-order chi connectivity index (χ0) is 22.4. The first-order valence-corrected chi connectivity index (χ1v) is 11.7. The van der Waals surface area contributed by atoms with Crippen molar-refractivity contribution in [2.24, 2.45) is 5.16 Å². The zero-order valence-electron chi connectivity index (χ0n) is 16.9. The van der Waals surface area contributed by atoms with Gasteiger partial charge in [-0.3, -0.25) is 10.1 Å². The molecule has 2 aromatic rings. The SMILES string of the molecule is COC[C@@H](C)O/N=C(/C(=O)Nc1ncc(F)s1)c1ccc(S(=O)(=O)[C@H]2CCOC2)cc1. The van der Waals surface area contributed by atoms with Crippen molar-refractivity contribution < 1.29 is 31.9 Å². The van der Waals surface area contributed by atoms with Gasteiger partial charge in [0.2, 0.25) is 0 Å². The summed E-state index contributed by atoms with van der Waals surface area (Å²) in [6.45, 7) is 2.52. The lowest BCUT2D eigenvalue weighted by atomic mass is 10.1. The standard InChI is InChI=1S/C19H22FN3O6S2/c1-12(10-27-2)29-23-17(18(24)22-19-21-9-16(20)30-19)13-3-5-14(6-4-13)31(25,26)15-7-8-28-11-15/h3-6,9,12,15H,7-8,10-11H2,1-2H3,(H,21,22,24)/b23-17+/t12-,15+/m1/s1. The van der Waals surface area contributed by atoms with Gasteiger partial charge < -0.3 is 14.3 Å². The lowest BCUT2D eigenvalue weighted by Crippen LogP contribution is -2.26. The van der Waals surface area contributed by atoms with Gasteiger partial charge in [0.25, 0.3) is 5.91 Å². The first kappa shape index (κ1) is 23.3. The van der Waals surface area contributed by atoms with Crippen LogP contribution in [0.4, 0.5) is 9.52 Å². The number of halogens is 1. The maximum atomic E-state index is 13.2. The van der Waals surface area contributed by atoms with Crippen LogP contribution in [0.2, 0.25) is 0 Å². The van der Waals surface area contributed by atoms with Crippen molar-refractivity contribution >= 4 is 37.9 Å².